The quantitative estimate of drug-likeness (QED) is 0.862. The van der Waals surface area contributed by atoms with E-state index in [1.807, 2.05) is 6.92 Å². The normalized spacial score (nSPS) is 15.4. The molecular weight excluding hydrogens is 272 g/mol. The molecule has 17 heavy (non-hydrogen) atoms. The number of hydrogen-bond acceptors (Lipinski definition) is 3. The SMILES string of the molecule is CCP(=S)(NC)Oc1cccc(C(F)(F)F)n1. The summed E-state index contributed by atoms with van der Waals surface area (Å²) in [7, 11) is 1.62. The summed E-state index contributed by atoms with van der Waals surface area (Å²) >= 11 is 5.18. The molecule has 96 valence electrons. The second-order valence-corrected chi connectivity index (χ2v) is 7.54. The van der Waals surface area contributed by atoms with Gasteiger partial charge in [0.1, 0.15) is 5.69 Å². The lowest BCUT2D eigenvalue weighted by Crippen LogP contribution is -2.13. The molecule has 0 aromatic carbocycles. The van der Waals surface area contributed by atoms with Gasteiger partial charge in [0.15, 0.2) is 6.42 Å². The van der Waals surface area contributed by atoms with Crippen molar-refractivity contribution in [3.63, 3.8) is 0 Å². The zero-order valence-corrected chi connectivity index (χ0v) is 11.0. The summed E-state index contributed by atoms with van der Waals surface area (Å²) in [4.78, 5) is 3.40. The Morgan fingerprint density at radius 1 is 1.47 bits per heavy atom. The number of alkyl halides is 3. The van der Waals surface area contributed by atoms with Gasteiger partial charge in [0.05, 0.1) is 0 Å². The van der Waals surface area contributed by atoms with Crippen molar-refractivity contribution in [3.8, 4) is 5.88 Å². The van der Waals surface area contributed by atoms with Crippen molar-refractivity contribution in [1.29, 1.82) is 0 Å². The van der Waals surface area contributed by atoms with Gasteiger partial charge in [0.2, 0.25) is 5.88 Å². The molecule has 0 saturated carbocycles. The minimum atomic E-state index is -4.48. The molecule has 0 saturated heterocycles. The molecule has 0 radical (unpaired) electrons. The largest absolute Gasteiger partial charge is 0.436 e. The lowest BCUT2D eigenvalue weighted by atomic mass is 10.3. The van der Waals surface area contributed by atoms with Gasteiger partial charge in [0, 0.05) is 12.2 Å². The van der Waals surface area contributed by atoms with Gasteiger partial charge in [-0.1, -0.05) is 13.0 Å². The standard InChI is InChI=1S/C9H12F3N2OPS/c1-3-16(17,13-2)15-8-6-4-5-7(14-8)9(10,11)12/h4-6H,3H2,1-2H3,(H,13,17). The molecule has 1 aromatic rings. The maximum Gasteiger partial charge on any atom is 0.433 e. The van der Waals surface area contributed by atoms with Crippen molar-refractivity contribution >= 4 is 18.2 Å². The summed E-state index contributed by atoms with van der Waals surface area (Å²) in [5.41, 5.74) is -0.983. The molecule has 1 atom stereocenters. The third-order valence-electron chi connectivity index (χ3n) is 2.01. The van der Waals surface area contributed by atoms with Crippen molar-refractivity contribution in [1.82, 2.24) is 10.1 Å². The molecule has 0 aliphatic heterocycles. The maximum atomic E-state index is 12.4. The molecular formula is C9H12F3N2OPS. The van der Waals surface area contributed by atoms with Gasteiger partial charge < -0.3 is 4.52 Å². The number of pyridine rings is 1. The first-order valence-corrected chi connectivity index (χ1v) is 7.73. The Kier molecular flexibility index (Phi) is 4.52. The van der Waals surface area contributed by atoms with Crippen molar-refractivity contribution in [2.75, 3.05) is 13.2 Å². The number of halogens is 3. The monoisotopic (exact) mass is 284 g/mol. The summed E-state index contributed by atoms with van der Waals surface area (Å²) < 4.78 is 42.6. The van der Waals surface area contributed by atoms with E-state index in [1.54, 1.807) is 7.05 Å². The molecule has 0 fully saturated rings. The van der Waals surface area contributed by atoms with Crippen LogP contribution in [0.4, 0.5) is 13.2 Å². The van der Waals surface area contributed by atoms with E-state index in [-0.39, 0.29) is 5.88 Å². The molecule has 1 heterocycles. The second kappa shape index (κ2) is 5.33. The number of aromatic nitrogens is 1. The van der Waals surface area contributed by atoms with E-state index in [2.05, 4.69) is 10.1 Å². The molecule has 8 heteroatoms. The number of nitrogens with zero attached hydrogens (tertiary/aromatic N) is 1. The Balaban J connectivity index is 2.98. The summed E-state index contributed by atoms with van der Waals surface area (Å²) in [6, 6.07) is 3.50. The zero-order valence-electron chi connectivity index (χ0n) is 9.28. The highest BCUT2D eigenvalue weighted by Crippen LogP contribution is 2.42. The molecule has 0 amide bonds. The summed E-state index contributed by atoms with van der Waals surface area (Å²) in [6.07, 6.45) is -6.28. The fraction of sp³-hybridized carbons (Fsp3) is 0.444. The summed E-state index contributed by atoms with van der Waals surface area (Å²) in [5, 5.41) is 2.82. The van der Waals surface area contributed by atoms with Crippen LogP contribution in [0.5, 0.6) is 5.88 Å². The minimum absolute atomic E-state index is 0.0978. The highest BCUT2D eigenvalue weighted by atomic mass is 32.4. The zero-order chi connectivity index (χ0) is 13.1. The van der Waals surface area contributed by atoms with Crippen molar-refractivity contribution < 1.29 is 17.7 Å². The van der Waals surface area contributed by atoms with E-state index in [9.17, 15) is 13.2 Å². The summed E-state index contributed by atoms with van der Waals surface area (Å²) in [6.45, 7) is 1.81. The van der Waals surface area contributed by atoms with Gasteiger partial charge in [-0.25, -0.2) is 4.98 Å². The molecule has 3 nitrogen and oxygen atoms in total. The van der Waals surface area contributed by atoms with Crippen LogP contribution in [0.1, 0.15) is 12.6 Å². The topological polar surface area (TPSA) is 34.1 Å². The van der Waals surface area contributed by atoms with Crippen LogP contribution >= 0.6 is 6.42 Å². The van der Waals surface area contributed by atoms with E-state index in [0.29, 0.717) is 6.16 Å². The van der Waals surface area contributed by atoms with Gasteiger partial charge in [-0.2, -0.15) is 13.2 Å². The van der Waals surface area contributed by atoms with Gasteiger partial charge in [0.25, 0.3) is 0 Å². The van der Waals surface area contributed by atoms with Crippen LogP contribution < -0.4 is 9.61 Å². The van der Waals surface area contributed by atoms with Crippen LogP contribution in [0.25, 0.3) is 0 Å². The smallest absolute Gasteiger partial charge is 0.433 e. The van der Waals surface area contributed by atoms with Gasteiger partial charge in [-0.3, -0.25) is 5.09 Å². The van der Waals surface area contributed by atoms with E-state index in [0.717, 1.165) is 6.07 Å². The van der Waals surface area contributed by atoms with Crippen LogP contribution in [0.2, 0.25) is 0 Å². The van der Waals surface area contributed by atoms with Crippen molar-refractivity contribution in [3.05, 3.63) is 23.9 Å². The number of hydrogen-bond donors (Lipinski definition) is 1. The highest BCUT2D eigenvalue weighted by Gasteiger charge is 2.33. The number of nitrogens with one attached hydrogen (secondary N) is 1. The minimum Gasteiger partial charge on any atom is -0.436 e. The first-order valence-electron chi connectivity index (χ1n) is 4.82. The fourth-order valence-corrected chi connectivity index (χ4v) is 2.21. The molecule has 0 aliphatic carbocycles. The second-order valence-electron chi connectivity index (χ2n) is 3.16. The first kappa shape index (κ1) is 14.4. The van der Waals surface area contributed by atoms with Gasteiger partial charge >= 0.3 is 6.18 Å². The Morgan fingerprint density at radius 2 is 2.12 bits per heavy atom. The van der Waals surface area contributed by atoms with Crippen molar-refractivity contribution in [2.24, 2.45) is 0 Å². The molecule has 1 unspecified atom stereocenters. The van der Waals surface area contributed by atoms with E-state index in [1.165, 1.54) is 12.1 Å². The van der Waals surface area contributed by atoms with E-state index < -0.39 is 18.3 Å². The molecule has 1 rings (SSSR count). The number of rotatable bonds is 4. The Hall–Kier alpha value is -0.650. The van der Waals surface area contributed by atoms with Crippen LogP contribution in [0.15, 0.2) is 18.2 Å². The first-order chi connectivity index (χ1) is 7.80. The van der Waals surface area contributed by atoms with Gasteiger partial charge in [-0.05, 0) is 24.9 Å². The molecule has 1 aromatic heterocycles. The molecule has 1 N–H and O–H groups in total. The predicted molar refractivity (Wildman–Crippen MR) is 63.8 cm³/mol. The Bertz CT molecular complexity index is 430. The van der Waals surface area contributed by atoms with Crippen LogP contribution in [-0.4, -0.2) is 18.2 Å². The van der Waals surface area contributed by atoms with Crippen LogP contribution in [-0.2, 0) is 18.0 Å². The third-order valence-corrected chi connectivity index (χ3v) is 5.55. The van der Waals surface area contributed by atoms with E-state index in [4.69, 9.17) is 16.3 Å². The summed E-state index contributed by atoms with van der Waals surface area (Å²) in [5.74, 6) is -0.0978. The highest BCUT2D eigenvalue weighted by molar-refractivity contribution is 8.11. The lowest BCUT2D eigenvalue weighted by Gasteiger charge is -2.20. The fourth-order valence-electron chi connectivity index (χ4n) is 1.04. The van der Waals surface area contributed by atoms with Crippen molar-refractivity contribution in [2.45, 2.75) is 13.1 Å². The molecule has 0 spiro atoms. The molecule has 0 aliphatic rings. The lowest BCUT2D eigenvalue weighted by molar-refractivity contribution is -0.141. The van der Waals surface area contributed by atoms with E-state index >= 15 is 0 Å². The average molecular weight is 284 g/mol. The third kappa shape index (κ3) is 3.94. The molecule has 0 bridgehead atoms. The van der Waals surface area contributed by atoms with Gasteiger partial charge in [-0.15, -0.1) is 0 Å². The Labute approximate surface area is 103 Å². The maximum absolute atomic E-state index is 12.4. The average Bonchev–Trinajstić information content (AvgIpc) is 2.28. The van der Waals surface area contributed by atoms with Crippen LogP contribution in [0, 0.1) is 0 Å². The predicted octanol–water partition coefficient (Wildman–Crippen LogP) is 3.03. The van der Waals surface area contributed by atoms with Crippen LogP contribution in [0.3, 0.4) is 0 Å². The Morgan fingerprint density at radius 3 is 2.59 bits per heavy atom.